The normalized spacial score (nSPS) is 21.5. The van der Waals surface area contributed by atoms with Crippen LogP contribution in [0.2, 0.25) is 0 Å². The van der Waals surface area contributed by atoms with Gasteiger partial charge in [0.2, 0.25) is 0 Å². The number of amides is 1. The second-order valence-electron chi connectivity index (χ2n) is 9.03. The van der Waals surface area contributed by atoms with Crippen LogP contribution in [0.25, 0.3) is 0 Å². The molecule has 2 aromatic rings. The highest BCUT2D eigenvalue weighted by molar-refractivity contribution is 5.96. The molecule has 6 heteroatoms. The average molecular weight is 425 g/mol. The van der Waals surface area contributed by atoms with E-state index in [0.29, 0.717) is 24.8 Å². The zero-order valence-electron chi connectivity index (χ0n) is 19.0. The first kappa shape index (κ1) is 21.9. The van der Waals surface area contributed by atoms with E-state index in [4.69, 9.17) is 4.74 Å². The minimum Gasteiger partial charge on any atom is -0.492 e. The summed E-state index contributed by atoms with van der Waals surface area (Å²) in [4.78, 5) is 17.9. The van der Waals surface area contributed by atoms with Gasteiger partial charge in [-0.25, -0.2) is 0 Å². The molecule has 6 nitrogen and oxygen atoms in total. The van der Waals surface area contributed by atoms with Crippen LogP contribution in [0.1, 0.15) is 65.8 Å². The Labute approximate surface area is 186 Å². The van der Waals surface area contributed by atoms with Crippen molar-refractivity contribution in [1.29, 1.82) is 0 Å². The number of nitrogens with zero attached hydrogens (tertiary/aromatic N) is 3. The van der Waals surface area contributed by atoms with E-state index in [1.165, 1.54) is 37.8 Å². The van der Waals surface area contributed by atoms with Crippen molar-refractivity contribution < 1.29 is 9.53 Å². The minimum absolute atomic E-state index is 0.0567. The number of rotatable bonds is 1. The van der Waals surface area contributed by atoms with Crippen LogP contribution in [-0.4, -0.2) is 64.7 Å². The number of nitrogens with one attached hydrogen (secondary N) is 1. The summed E-state index contributed by atoms with van der Waals surface area (Å²) >= 11 is 0. The second kappa shape index (κ2) is 10.3. The molecule has 2 aliphatic heterocycles. The molecule has 1 aromatic heterocycles. The predicted molar refractivity (Wildman–Crippen MR) is 123 cm³/mol. The first-order valence-electron chi connectivity index (χ1n) is 11.9. The number of H-pyrrole nitrogens is 1. The van der Waals surface area contributed by atoms with E-state index in [1.807, 2.05) is 24.8 Å². The fraction of sp³-hybridized carbons (Fsp3) is 0.600. The van der Waals surface area contributed by atoms with Crippen LogP contribution in [0.3, 0.4) is 0 Å². The third-order valence-electron chi connectivity index (χ3n) is 6.80. The number of aromatic nitrogens is 2. The fourth-order valence-electron chi connectivity index (χ4n) is 5.04. The fourth-order valence-corrected chi connectivity index (χ4v) is 5.04. The SMILES string of the molecule is Cc1n[nH]c(C)c1C(=O)N1CCCCN2CCCCC2CCc2cccc(c2)OCC1. The molecule has 0 saturated carbocycles. The summed E-state index contributed by atoms with van der Waals surface area (Å²) in [7, 11) is 0. The number of aromatic amines is 1. The molecule has 0 radical (unpaired) electrons. The quantitative estimate of drug-likeness (QED) is 0.748. The third kappa shape index (κ3) is 5.48. The number of piperidine rings is 1. The lowest BCUT2D eigenvalue weighted by Crippen LogP contribution is -2.41. The highest BCUT2D eigenvalue weighted by Gasteiger charge is 2.24. The molecule has 2 aliphatic rings. The number of fused-ring (bicyclic) bond motifs is 3. The topological polar surface area (TPSA) is 61.5 Å². The van der Waals surface area contributed by atoms with Crippen LogP contribution in [0.5, 0.6) is 5.75 Å². The molecular formula is C25H36N4O2. The second-order valence-corrected chi connectivity index (χ2v) is 9.03. The lowest BCUT2D eigenvalue weighted by Gasteiger charge is -2.36. The number of carbonyl (C=O) groups excluding carboxylic acids is 1. The van der Waals surface area contributed by atoms with E-state index >= 15 is 0 Å². The summed E-state index contributed by atoms with van der Waals surface area (Å²) in [5.41, 5.74) is 3.65. The molecule has 31 heavy (non-hydrogen) atoms. The Morgan fingerprint density at radius 2 is 1.87 bits per heavy atom. The minimum atomic E-state index is 0.0567. The number of benzene rings is 1. The van der Waals surface area contributed by atoms with Gasteiger partial charge in [0, 0.05) is 18.3 Å². The summed E-state index contributed by atoms with van der Waals surface area (Å²) in [6.45, 7) is 7.99. The van der Waals surface area contributed by atoms with Gasteiger partial charge >= 0.3 is 0 Å². The van der Waals surface area contributed by atoms with Gasteiger partial charge in [-0.15, -0.1) is 0 Å². The van der Waals surface area contributed by atoms with Gasteiger partial charge in [0.25, 0.3) is 5.91 Å². The summed E-state index contributed by atoms with van der Waals surface area (Å²) in [5.74, 6) is 0.956. The molecule has 1 amide bonds. The van der Waals surface area contributed by atoms with Gasteiger partial charge < -0.3 is 14.5 Å². The molecule has 168 valence electrons. The van der Waals surface area contributed by atoms with Crippen LogP contribution in [-0.2, 0) is 6.42 Å². The van der Waals surface area contributed by atoms with Crippen molar-refractivity contribution in [3.63, 3.8) is 0 Å². The molecule has 0 aliphatic carbocycles. The number of aryl methyl sites for hydroxylation is 3. The summed E-state index contributed by atoms with van der Waals surface area (Å²) in [5, 5.41) is 7.17. The maximum atomic E-state index is 13.3. The smallest absolute Gasteiger partial charge is 0.257 e. The molecule has 1 saturated heterocycles. The van der Waals surface area contributed by atoms with Crippen molar-refractivity contribution in [2.75, 3.05) is 32.8 Å². The number of hydrogen-bond acceptors (Lipinski definition) is 4. The van der Waals surface area contributed by atoms with Crippen molar-refractivity contribution in [2.24, 2.45) is 0 Å². The van der Waals surface area contributed by atoms with Gasteiger partial charge in [-0.3, -0.25) is 9.89 Å². The zero-order chi connectivity index (χ0) is 21.6. The van der Waals surface area contributed by atoms with Crippen molar-refractivity contribution >= 4 is 5.91 Å². The first-order chi connectivity index (χ1) is 15.1. The van der Waals surface area contributed by atoms with Crippen LogP contribution >= 0.6 is 0 Å². The molecule has 1 fully saturated rings. The molecule has 1 atom stereocenters. The van der Waals surface area contributed by atoms with E-state index in [0.717, 1.165) is 49.5 Å². The number of ether oxygens (including phenoxy) is 1. The van der Waals surface area contributed by atoms with Crippen molar-refractivity contribution in [3.05, 3.63) is 46.8 Å². The van der Waals surface area contributed by atoms with Crippen LogP contribution in [0, 0.1) is 13.8 Å². The predicted octanol–water partition coefficient (Wildman–Crippen LogP) is 4.13. The Balaban J connectivity index is 1.50. The highest BCUT2D eigenvalue weighted by atomic mass is 16.5. The van der Waals surface area contributed by atoms with Crippen molar-refractivity contribution in [1.82, 2.24) is 20.0 Å². The van der Waals surface area contributed by atoms with Crippen LogP contribution in [0.4, 0.5) is 0 Å². The van der Waals surface area contributed by atoms with Gasteiger partial charge in [0.05, 0.1) is 17.8 Å². The number of carbonyl (C=O) groups is 1. The van der Waals surface area contributed by atoms with E-state index in [-0.39, 0.29) is 5.91 Å². The van der Waals surface area contributed by atoms with Gasteiger partial charge in [0.15, 0.2) is 0 Å². The summed E-state index contributed by atoms with van der Waals surface area (Å²) < 4.78 is 6.06. The van der Waals surface area contributed by atoms with Gasteiger partial charge in [-0.05, 0) is 83.2 Å². The lowest BCUT2D eigenvalue weighted by molar-refractivity contribution is 0.0720. The summed E-state index contributed by atoms with van der Waals surface area (Å²) in [6, 6.07) is 9.16. The molecular weight excluding hydrogens is 388 g/mol. The molecule has 1 unspecified atom stereocenters. The van der Waals surface area contributed by atoms with E-state index in [2.05, 4.69) is 33.3 Å². The van der Waals surface area contributed by atoms with E-state index < -0.39 is 0 Å². The van der Waals surface area contributed by atoms with Gasteiger partial charge in [0.1, 0.15) is 12.4 Å². The van der Waals surface area contributed by atoms with Crippen LogP contribution in [0.15, 0.2) is 24.3 Å². The largest absolute Gasteiger partial charge is 0.492 e. The monoisotopic (exact) mass is 424 g/mol. The van der Waals surface area contributed by atoms with Crippen LogP contribution < -0.4 is 4.74 Å². The van der Waals surface area contributed by atoms with E-state index in [1.54, 1.807) is 0 Å². The molecule has 3 heterocycles. The lowest BCUT2D eigenvalue weighted by atomic mass is 9.95. The van der Waals surface area contributed by atoms with Gasteiger partial charge in [-0.1, -0.05) is 18.6 Å². The summed E-state index contributed by atoms with van der Waals surface area (Å²) in [6.07, 6.45) is 8.41. The highest BCUT2D eigenvalue weighted by Crippen LogP contribution is 2.24. The standard InChI is InChI=1S/C25H36N4O2/c1-19-24(20(2)27-26-19)25(30)29-15-6-5-14-28-13-4-3-9-22(28)12-11-21-8-7-10-23(18-21)31-17-16-29/h7-8,10,18,22H,3-6,9,11-17H2,1-2H3,(H,26,27). The molecule has 0 spiro atoms. The third-order valence-corrected chi connectivity index (χ3v) is 6.80. The average Bonchev–Trinajstić information content (AvgIpc) is 3.11. The Kier molecular flexibility index (Phi) is 7.28. The Morgan fingerprint density at radius 3 is 2.68 bits per heavy atom. The maximum Gasteiger partial charge on any atom is 0.257 e. The van der Waals surface area contributed by atoms with Crippen molar-refractivity contribution in [3.8, 4) is 5.75 Å². The molecule has 1 aromatic carbocycles. The molecule has 2 bridgehead atoms. The molecule has 4 rings (SSSR count). The zero-order valence-corrected chi connectivity index (χ0v) is 19.0. The van der Waals surface area contributed by atoms with Gasteiger partial charge in [-0.2, -0.15) is 5.10 Å². The Bertz CT molecular complexity index is 859. The number of hydrogen-bond donors (Lipinski definition) is 1. The Morgan fingerprint density at radius 1 is 1.06 bits per heavy atom. The molecule has 1 N–H and O–H groups in total. The van der Waals surface area contributed by atoms with Crippen molar-refractivity contribution in [2.45, 2.75) is 64.8 Å². The maximum absolute atomic E-state index is 13.3. The van der Waals surface area contributed by atoms with E-state index in [9.17, 15) is 4.79 Å². The Hall–Kier alpha value is -2.34. The first-order valence-corrected chi connectivity index (χ1v) is 11.9.